The maximum atomic E-state index is 13.5. The third-order valence-corrected chi connectivity index (χ3v) is 8.13. The molecule has 2 aliphatic heterocycles. The highest BCUT2D eigenvalue weighted by Crippen LogP contribution is 2.36. The second kappa shape index (κ2) is 7.08. The van der Waals surface area contributed by atoms with Gasteiger partial charge in [0.1, 0.15) is 4.83 Å². The predicted octanol–water partition coefficient (Wildman–Crippen LogP) is 2.92. The molecule has 0 radical (unpaired) electrons. The fourth-order valence-electron chi connectivity index (χ4n) is 4.58. The van der Waals surface area contributed by atoms with Gasteiger partial charge in [0.05, 0.1) is 34.3 Å². The maximum absolute atomic E-state index is 13.5. The highest BCUT2D eigenvalue weighted by atomic mass is 32.1. The summed E-state index contributed by atoms with van der Waals surface area (Å²) < 4.78 is 6.50. The summed E-state index contributed by atoms with van der Waals surface area (Å²) in [6.45, 7) is 9.09. The SMILES string of the molecule is CC1CC(N(C(=O)c2cc3scnc3s2)N2CCN(C3COC3)[C@H](C)C2)C1. The van der Waals surface area contributed by atoms with Crippen molar-refractivity contribution in [1.29, 1.82) is 0 Å². The summed E-state index contributed by atoms with van der Waals surface area (Å²) in [6, 6.07) is 3.37. The minimum atomic E-state index is 0.162. The van der Waals surface area contributed by atoms with Gasteiger partial charge in [-0.05, 0) is 31.7 Å². The van der Waals surface area contributed by atoms with Crippen molar-refractivity contribution in [2.24, 2.45) is 5.92 Å². The van der Waals surface area contributed by atoms with Gasteiger partial charge in [0.25, 0.3) is 5.91 Å². The van der Waals surface area contributed by atoms with Gasteiger partial charge >= 0.3 is 0 Å². The molecule has 1 amide bonds. The Morgan fingerprint density at radius 2 is 2.11 bits per heavy atom. The number of piperazine rings is 1. The van der Waals surface area contributed by atoms with Gasteiger partial charge in [0, 0.05) is 31.7 Å². The lowest BCUT2D eigenvalue weighted by molar-refractivity contribution is -0.135. The Balaban J connectivity index is 1.36. The molecule has 2 aromatic rings. The lowest BCUT2D eigenvalue weighted by atomic mass is 9.81. The molecule has 1 atom stereocenters. The van der Waals surface area contributed by atoms with Crippen LogP contribution in [0, 0.1) is 5.92 Å². The third kappa shape index (κ3) is 3.21. The van der Waals surface area contributed by atoms with Crippen molar-refractivity contribution in [2.75, 3.05) is 32.8 Å². The van der Waals surface area contributed by atoms with Gasteiger partial charge in [-0.15, -0.1) is 22.7 Å². The molecule has 6 nitrogen and oxygen atoms in total. The van der Waals surface area contributed by atoms with E-state index in [1.165, 1.54) is 11.3 Å². The predicted molar refractivity (Wildman–Crippen MR) is 108 cm³/mol. The molecule has 4 heterocycles. The smallest absolute Gasteiger partial charge is 0.278 e. The zero-order chi connectivity index (χ0) is 18.5. The molecule has 3 aliphatic rings. The second-order valence-electron chi connectivity index (χ2n) is 8.20. The minimum absolute atomic E-state index is 0.162. The van der Waals surface area contributed by atoms with E-state index in [2.05, 4.69) is 33.7 Å². The number of hydrazine groups is 1. The van der Waals surface area contributed by atoms with E-state index in [4.69, 9.17) is 4.74 Å². The first-order valence-corrected chi connectivity index (χ1v) is 11.5. The van der Waals surface area contributed by atoms with Crippen molar-refractivity contribution in [3.05, 3.63) is 16.5 Å². The largest absolute Gasteiger partial charge is 0.378 e. The number of ether oxygens (including phenoxy) is 1. The van der Waals surface area contributed by atoms with Crippen LogP contribution in [0.1, 0.15) is 36.4 Å². The molecule has 2 saturated heterocycles. The summed E-state index contributed by atoms with van der Waals surface area (Å²) in [4.78, 5) is 22.2. The van der Waals surface area contributed by atoms with Crippen LogP contribution in [0.4, 0.5) is 0 Å². The first-order valence-electron chi connectivity index (χ1n) is 9.85. The lowest BCUT2D eigenvalue weighted by Gasteiger charge is -2.52. The van der Waals surface area contributed by atoms with Gasteiger partial charge in [0.15, 0.2) is 0 Å². The molecule has 0 N–H and O–H groups in total. The summed E-state index contributed by atoms with van der Waals surface area (Å²) in [5, 5.41) is 4.42. The Morgan fingerprint density at radius 3 is 2.74 bits per heavy atom. The van der Waals surface area contributed by atoms with Gasteiger partial charge in [0.2, 0.25) is 0 Å². The second-order valence-corrected chi connectivity index (χ2v) is 10.1. The summed E-state index contributed by atoms with van der Waals surface area (Å²) in [6.07, 6.45) is 2.21. The van der Waals surface area contributed by atoms with E-state index in [0.29, 0.717) is 24.0 Å². The molecule has 0 bridgehead atoms. The molecule has 3 fully saturated rings. The molecular weight excluding hydrogens is 380 g/mol. The van der Waals surface area contributed by atoms with Crippen LogP contribution in [-0.2, 0) is 4.74 Å². The van der Waals surface area contributed by atoms with Gasteiger partial charge in [-0.2, -0.15) is 0 Å². The summed E-state index contributed by atoms with van der Waals surface area (Å²) in [5.74, 6) is 0.874. The average Bonchev–Trinajstić information content (AvgIpc) is 3.15. The first kappa shape index (κ1) is 18.0. The van der Waals surface area contributed by atoms with Gasteiger partial charge < -0.3 is 4.74 Å². The molecule has 8 heteroatoms. The minimum Gasteiger partial charge on any atom is -0.378 e. The molecule has 5 rings (SSSR count). The number of nitrogens with zero attached hydrogens (tertiary/aromatic N) is 4. The molecule has 27 heavy (non-hydrogen) atoms. The van der Waals surface area contributed by atoms with E-state index in [9.17, 15) is 4.79 Å². The monoisotopic (exact) mass is 406 g/mol. The summed E-state index contributed by atoms with van der Waals surface area (Å²) in [7, 11) is 0. The number of fused-ring (bicyclic) bond motifs is 1. The number of carbonyl (C=O) groups excluding carboxylic acids is 1. The van der Waals surface area contributed by atoms with Gasteiger partial charge in [-0.3, -0.25) is 14.7 Å². The highest BCUT2D eigenvalue weighted by molar-refractivity contribution is 7.27. The van der Waals surface area contributed by atoms with Crippen LogP contribution in [-0.4, -0.2) is 76.8 Å². The van der Waals surface area contributed by atoms with Crippen molar-refractivity contribution in [1.82, 2.24) is 19.9 Å². The molecule has 2 aromatic heterocycles. The average molecular weight is 407 g/mol. The molecule has 0 unspecified atom stereocenters. The van der Waals surface area contributed by atoms with Crippen LogP contribution in [0.5, 0.6) is 0 Å². The van der Waals surface area contributed by atoms with Crippen LogP contribution in [0.15, 0.2) is 11.6 Å². The van der Waals surface area contributed by atoms with E-state index >= 15 is 0 Å². The van der Waals surface area contributed by atoms with E-state index < -0.39 is 0 Å². The number of hydrogen-bond acceptors (Lipinski definition) is 7. The first-order chi connectivity index (χ1) is 13.1. The van der Waals surface area contributed by atoms with Crippen LogP contribution in [0.2, 0.25) is 0 Å². The Morgan fingerprint density at radius 1 is 1.30 bits per heavy atom. The molecule has 146 valence electrons. The molecule has 0 aromatic carbocycles. The zero-order valence-electron chi connectivity index (χ0n) is 15.8. The summed E-state index contributed by atoms with van der Waals surface area (Å²) in [5.41, 5.74) is 1.85. The van der Waals surface area contributed by atoms with Crippen molar-refractivity contribution in [3.8, 4) is 0 Å². The van der Waals surface area contributed by atoms with Crippen LogP contribution < -0.4 is 0 Å². The van der Waals surface area contributed by atoms with Gasteiger partial charge in [-0.1, -0.05) is 6.92 Å². The molecular formula is C19H26N4O2S2. The Hall–Kier alpha value is -1.06. The maximum Gasteiger partial charge on any atom is 0.278 e. The standard InChI is InChI=1S/C19H26N4O2S2/c1-12-5-14(6-12)23(19(24)17-7-16-18(27-17)20-11-26-16)21-3-4-22(13(2)8-21)15-9-25-10-15/h7,11-15H,3-6,8-10H2,1-2H3/t12?,13-,14?/m1/s1. The van der Waals surface area contributed by atoms with Crippen molar-refractivity contribution in [2.45, 2.75) is 44.8 Å². The molecule has 1 saturated carbocycles. The summed E-state index contributed by atoms with van der Waals surface area (Å²) >= 11 is 3.14. The third-order valence-electron chi connectivity index (χ3n) is 6.19. The molecule has 1 aliphatic carbocycles. The number of thiophene rings is 1. The van der Waals surface area contributed by atoms with Gasteiger partial charge in [-0.25, -0.2) is 9.99 Å². The number of aromatic nitrogens is 1. The van der Waals surface area contributed by atoms with Crippen molar-refractivity contribution in [3.63, 3.8) is 0 Å². The van der Waals surface area contributed by atoms with Crippen LogP contribution >= 0.6 is 22.7 Å². The Labute approximate surface area is 167 Å². The van der Waals surface area contributed by atoms with Crippen LogP contribution in [0.25, 0.3) is 9.53 Å². The number of hydrogen-bond donors (Lipinski definition) is 0. The number of rotatable bonds is 4. The van der Waals surface area contributed by atoms with E-state index in [1.54, 1.807) is 11.3 Å². The number of amides is 1. The number of carbonyl (C=O) groups is 1. The lowest BCUT2D eigenvalue weighted by Crippen LogP contribution is -2.66. The fourth-order valence-corrected chi connectivity index (χ4v) is 6.43. The van der Waals surface area contributed by atoms with E-state index in [1.807, 2.05) is 11.6 Å². The topological polar surface area (TPSA) is 48.9 Å². The van der Waals surface area contributed by atoms with Crippen molar-refractivity contribution >= 4 is 38.1 Å². The zero-order valence-corrected chi connectivity index (χ0v) is 17.5. The fraction of sp³-hybridized carbons (Fsp3) is 0.684. The Kier molecular flexibility index (Phi) is 4.72. The van der Waals surface area contributed by atoms with E-state index in [-0.39, 0.29) is 5.91 Å². The van der Waals surface area contributed by atoms with Crippen LogP contribution in [0.3, 0.4) is 0 Å². The highest BCUT2D eigenvalue weighted by Gasteiger charge is 2.41. The Bertz CT molecular complexity index is 798. The molecule has 0 spiro atoms. The number of thiazole rings is 1. The quantitative estimate of drug-likeness (QED) is 0.781. The van der Waals surface area contributed by atoms with Crippen molar-refractivity contribution < 1.29 is 9.53 Å². The van der Waals surface area contributed by atoms with E-state index in [0.717, 1.165) is 60.1 Å². The normalized spacial score (nSPS) is 30.2.